The first kappa shape index (κ1) is 16.0. The molecule has 0 saturated carbocycles. The minimum Gasteiger partial charge on any atom is -0.312 e. The summed E-state index contributed by atoms with van der Waals surface area (Å²) in [6.07, 6.45) is 0.783. The van der Waals surface area contributed by atoms with E-state index in [1.807, 2.05) is 24.3 Å². The quantitative estimate of drug-likeness (QED) is 0.852. The van der Waals surface area contributed by atoms with Gasteiger partial charge in [0.1, 0.15) is 0 Å². The van der Waals surface area contributed by atoms with Crippen molar-refractivity contribution < 1.29 is 13.2 Å². The van der Waals surface area contributed by atoms with E-state index >= 15 is 0 Å². The summed E-state index contributed by atoms with van der Waals surface area (Å²) in [5.74, 6) is -0.362. The molecule has 0 spiro atoms. The van der Waals surface area contributed by atoms with Gasteiger partial charge < -0.3 is 4.90 Å². The Morgan fingerprint density at radius 2 is 1.78 bits per heavy atom. The van der Waals surface area contributed by atoms with Gasteiger partial charge in [-0.05, 0) is 42.3 Å². The van der Waals surface area contributed by atoms with Crippen molar-refractivity contribution in [1.29, 1.82) is 0 Å². The van der Waals surface area contributed by atoms with Crippen LogP contribution in [-0.4, -0.2) is 26.6 Å². The molecule has 0 saturated heterocycles. The third kappa shape index (κ3) is 3.41. The standard InChI is InChI=1S/C17H16ClNO3S/c18-14-5-7-15(8-6-14)23(21,22)12-10-17(20)19-11-9-13-3-1-2-4-16(13)19/h1-8H,9-12H2. The van der Waals surface area contributed by atoms with E-state index in [0.717, 1.165) is 17.7 Å². The molecular weight excluding hydrogens is 334 g/mol. The summed E-state index contributed by atoms with van der Waals surface area (Å²) >= 11 is 5.77. The molecule has 3 rings (SSSR count). The van der Waals surface area contributed by atoms with Crippen molar-refractivity contribution in [2.24, 2.45) is 0 Å². The Kier molecular flexibility index (Phi) is 4.41. The van der Waals surface area contributed by atoms with Crippen molar-refractivity contribution in [3.8, 4) is 0 Å². The fraction of sp³-hybridized carbons (Fsp3) is 0.235. The summed E-state index contributed by atoms with van der Waals surface area (Å²) in [5.41, 5.74) is 2.02. The number of hydrogen-bond acceptors (Lipinski definition) is 3. The van der Waals surface area contributed by atoms with E-state index in [1.165, 1.54) is 24.3 Å². The maximum Gasteiger partial charge on any atom is 0.228 e. The molecule has 0 bridgehead atoms. The SMILES string of the molecule is O=C(CCS(=O)(=O)c1ccc(Cl)cc1)N1CCc2ccccc21. The third-order valence-corrected chi connectivity index (χ3v) is 5.93. The van der Waals surface area contributed by atoms with Crippen molar-refractivity contribution in [2.75, 3.05) is 17.2 Å². The second kappa shape index (κ2) is 6.34. The van der Waals surface area contributed by atoms with Gasteiger partial charge in [0.05, 0.1) is 10.6 Å². The highest BCUT2D eigenvalue weighted by Crippen LogP contribution is 2.28. The zero-order valence-corrected chi connectivity index (χ0v) is 14.0. The number of fused-ring (bicyclic) bond motifs is 1. The van der Waals surface area contributed by atoms with E-state index in [0.29, 0.717) is 11.6 Å². The number of anilines is 1. The number of carbonyl (C=O) groups is 1. The van der Waals surface area contributed by atoms with Crippen molar-refractivity contribution in [1.82, 2.24) is 0 Å². The Morgan fingerprint density at radius 1 is 1.09 bits per heavy atom. The summed E-state index contributed by atoms with van der Waals surface area (Å²) in [4.78, 5) is 14.2. The molecule has 6 heteroatoms. The van der Waals surface area contributed by atoms with E-state index in [4.69, 9.17) is 11.6 Å². The van der Waals surface area contributed by atoms with Crippen LogP contribution in [0.5, 0.6) is 0 Å². The molecule has 0 aliphatic carbocycles. The smallest absolute Gasteiger partial charge is 0.228 e. The van der Waals surface area contributed by atoms with Crippen LogP contribution in [0, 0.1) is 0 Å². The van der Waals surface area contributed by atoms with Crippen molar-refractivity contribution in [2.45, 2.75) is 17.7 Å². The molecule has 2 aromatic carbocycles. The summed E-state index contributed by atoms with van der Waals surface area (Å²) in [6.45, 7) is 0.610. The molecule has 120 valence electrons. The van der Waals surface area contributed by atoms with Crippen LogP contribution < -0.4 is 4.90 Å². The van der Waals surface area contributed by atoms with Gasteiger partial charge >= 0.3 is 0 Å². The predicted molar refractivity (Wildman–Crippen MR) is 90.6 cm³/mol. The predicted octanol–water partition coefficient (Wildman–Crippen LogP) is 3.09. The van der Waals surface area contributed by atoms with Gasteiger partial charge in [0, 0.05) is 23.7 Å². The van der Waals surface area contributed by atoms with Crippen LogP contribution in [0.2, 0.25) is 5.02 Å². The zero-order valence-electron chi connectivity index (χ0n) is 12.4. The number of rotatable bonds is 4. The van der Waals surface area contributed by atoms with E-state index < -0.39 is 9.84 Å². The molecular formula is C17H16ClNO3S. The molecule has 0 unspecified atom stereocenters. The molecule has 2 aromatic rings. The average Bonchev–Trinajstić information content (AvgIpc) is 2.97. The number of halogens is 1. The van der Waals surface area contributed by atoms with Gasteiger partial charge in [-0.25, -0.2) is 8.42 Å². The Morgan fingerprint density at radius 3 is 2.52 bits per heavy atom. The van der Waals surface area contributed by atoms with Gasteiger partial charge in [-0.15, -0.1) is 0 Å². The Labute approximate surface area is 140 Å². The van der Waals surface area contributed by atoms with Crippen molar-refractivity contribution in [3.63, 3.8) is 0 Å². The van der Waals surface area contributed by atoms with E-state index in [1.54, 1.807) is 4.90 Å². The number of amides is 1. The number of benzene rings is 2. The summed E-state index contributed by atoms with van der Waals surface area (Å²) in [5, 5.41) is 0.480. The molecule has 0 aromatic heterocycles. The van der Waals surface area contributed by atoms with Crippen LogP contribution >= 0.6 is 11.6 Å². The fourth-order valence-corrected chi connectivity index (χ4v) is 4.07. The van der Waals surface area contributed by atoms with Crippen LogP contribution in [0.3, 0.4) is 0 Å². The van der Waals surface area contributed by atoms with Gasteiger partial charge in [-0.2, -0.15) is 0 Å². The zero-order chi connectivity index (χ0) is 16.4. The lowest BCUT2D eigenvalue weighted by Crippen LogP contribution is -2.30. The largest absolute Gasteiger partial charge is 0.312 e. The highest BCUT2D eigenvalue weighted by Gasteiger charge is 2.25. The molecule has 0 N–H and O–H groups in total. The third-order valence-electron chi connectivity index (χ3n) is 3.95. The number of sulfone groups is 1. The van der Waals surface area contributed by atoms with Gasteiger partial charge in [0.2, 0.25) is 5.91 Å². The Hall–Kier alpha value is -1.85. The van der Waals surface area contributed by atoms with Crippen LogP contribution in [-0.2, 0) is 21.1 Å². The van der Waals surface area contributed by atoms with Crippen LogP contribution in [0.4, 0.5) is 5.69 Å². The van der Waals surface area contributed by atoms with Gasteiger partial charge in [0.15, 0.2) is 9.84 Å². The summed E-state index contributed by atoms with van der Waals surface area (Å²) in [7, 11) is -3.49. The first-order valence-corrected chi connectivity index (χ1v) is 9.37. The Bertz CT molecular complexity index is 831. The molecule has 1 aliphatic rings. The number of para-hydroxylation sites is 1. The van der Waals surface area contributed by atoms with Gasteiger partial charge in [-0.1, -0.05) is 29.8 Å². The van der Waals surface area contributed by atoms with Gasteiger partial charge in [-0.3, -0.25) is 4.79 Å². The first-order chi connectivity index (χ1) is 11.0. The first-order valence-electron chi connectivity index (χ1n) is 7.34. The number of nitrogens with zero attached hydrogens (tertiary/aromatic N) is 1. The topological polar surface area (TPSA) is 54.5 Å². The molecule has 1 heterocycles. The number of carbonyl (C=O) groups excluding carboxylic acids is 1. The second-order valence-electron chi connectivity index (χ2n) is 5.45. The minimum absolute atomic E-state index is 0.0285. The molecule has 4 nitrogen and oxygen atoms in total. The molecule has 1 aliphatic heterocycles. The molecule has 1 amide bonds. The fourth-order valence-electron chi connectivity index (χ4n) is 2.71. The maximum atomic E-state index is 12.4. The Balaban J connectivity index is 1.69. The van der Waals surface area contributed by atoms with Gasteiger partial charge in [0.25, 0.3) is 0 Å². The average molecular weight is 350 g/mol. The lowest BCUT2D eigenvalue weighted by atomic mass is 10.2. The van der Waals surface area contributed by atoms with Crippen LogP contribution in [0.25, 0.3) is 0 Å². The summed E-state index contributed by atoms with van der Waals surface area (Å²) in [6, 6.07) is 13.7. The lowest BCUT2D eigenvalue weighted by molar-refractivity contribution is -0.118. The molecule has 0 atom stereocenters. The van der Waals surface area contributed by atoms with E-state index in [9.17, 15) is 13.2 Å². The highest BCUT2D eigenvalue weighted by atomic mass is 35.5. The normalized spacial score (nSPS) is 13.9. The number of hydrogen-bond donors (Lipinski definition) is 0. The second-order valence-corrected chi connectivity index (χ2v) is 7.99. The highest BCUT2D eigenvalue weighted by molar-refractivity contribution is 7.91. The molecule has 23 heavy (non-hydrogen) atoms. The molecule has 0 radical (unpaired) electrons. The van der Waals surface area contributed by atoms with Crippen LogP contribution in [0.1, 0.15) is 12.0 Å². The minimum atomic E-state index is -3.49. The monoisotopic (exact) mass is 349 g/mol. The summed E-state index contributed by atoms with van der Waals surface area (Å²) < 4.78 is 24.6. The van der Waals surface area contributed by atoms with Crippen molar-refractivity contribution in [3.05, 3.63) is 59.1 Å². The van der Waals surface area contributed by atoms with Crippen LogP contribution in [0.15, 0.2) is 53.4 Å². The lowest BCUT2D eigenvalue weighted by Gasteiger charge is -2.17. The molecule has 0 fully saturated rings. The van der Waals surface area contributed by atoms with E-state index in [-0.39, 0.29) is 23.0 Å². The van der Waals surface area contributed by atoms with Crippen molar-refractivity contribution >= 4 is 33.0 Å². The van der Waals surface area contributed by atoms with E-state index in [2.05, 4.69) is 0 Å². The maximum absolute atomic E-state index is 12.4.